The summed E-state index contributed by atoms with van der Waals surface area (Å²) < 4.78 is 5.30. The van der Waals surface area contributed by atoms with Crippen LogP contribution >= 0.6 is 0 Å². The van der Waals surface area contributed by atoms with E-state index in [1.807, 2.05) is 6.07 Å². The van der Waals surface area contributed by atoms with Gasteiger partial charge in [-0.05, 0) is 36.3 Å². The molecule has 0 aromatic heterocycles. The van der Waals surface area contributed by atoms with E-state index in [4.69, 9.17) is 4.74 Å². The summed E-state index contributed by atoms with van der Waals surface area (Å²) in [6, 6.07) is 8.86. The Morgan fingerprint density at radius 3 is 2.58 bits per heavy atom. The molecule has 1 fully saturated rings. The summed E-state index contributed by atoms with van der Waals surface area (Å²) in [7, 11) is 1.72. The van der Waals surface area contributed by atoms with E-state index in [2.05, 4.69) is 44.3 Å². The highest BCUT2D eigenvalue weighted by Gasteiger charge is 2.33. The zero-order valence-electron chi connectivity index (χ0n) is 12.7. The van der Waals surface area contributed by atoms with Crippen LogP contribution in [0.2, 0.25) is 0 Å². The molecule has 2 rings (SSSR count). The van der Waals surface area contributed by atoms with Crippen molar-refractivity contribution in [3.8, 4) is 5.75 Å². The summed E-state index contributed by atoms with van der Waals surface area (Å²) in [5, 5.41) is 3.73. The van der Waals surface area contributed by atoms with Gasteiger partial charge in [0.2, 0.25) is 0 Å². The molecule has 19 heavy (non-hydrogen) atoms. The predicted octanol–water partition coefficient (Wildman–Crippen LogP) is 4.71. The Kier molecular flexibility index (Phi) is 4.38. The Hall–Kier alpha value is -1.18. The first-order valence-electron chi connectivity index (χ1n) is 7.41. The van der Waals surface area contributed by atoms with Crippen molar-refractivity contribution < 1.29 is 4.74 Å². The molecule has 0 radical (unpaired) electrons. The Morgan fingerprint density at radius 1 is 1.16 bits per heavy atom. The van der Waals surface area contributed by atoms with E-state index in [1.54, 1.807) is 7.11 Å². The summed E-state index contributed by atoms with van der Waals surface area (Å²) in [6.45, 7) is 7.09. The van der Waals surface area contributed by atoms with Gasteiger partial charge in [0.05, 0.1) is 7.11 Å². The van der Waals surface area contributed by atoms with E-state index in [1.165, 1.54) is 31.4 Å². The van der Waals surface area contributed by atoms with Gasteiger partial charge in [0.25, 0.3) is 0 Å². The average molecular weight is 261 g/mol. The van der Waals surface area contributed by atoms with Gasteiger partial charge in [-0.25, -0.2) is 0 Å². The molecular weight excluding hydrogens is 234 g/mol. The fourth-order valence-corrected chi connectivity index (χ4v) is 3.27. The fourth-order valence-electron chi connectivity index (χ4n) is 3.27. The van der Waals surface area contributed by atoms with Crippen LogP contribution in [0, 0.1) is 11.3 Å². The normalized spacial score (nSPS) is 24.0. The van der Waals surface area contributed by atoms with Gasteiger partial charge in [-0.2, -0.15) is 0 Å². The third kappa shape index (κ3) is 3.65. The van der Waals surface area contributed by atoms with E-state index in [0.29, 0.717) is 11.5 Å². The molecule has 2 atom stereocenters. The van der Waals surface area contributed by atoms with Gasteiger partial charge in [0.1, 0.15) is 5.75 Å². The lowest BCUT2D eigenvalue weighted by molar-refractivity contribution is 0.163. The molecule has 1 aromatic rings. The van der Waals surface area contributed by atoms with Crippen molar-refractivity contribution in [2.24, 2.45) is 11.3 Å². The molecular formula is C17H27NO. The lowest BCUT2D eigenvalue weighted by Gasteiger charge is -2.41. The quantitative estimate of drug-likeness (QED) is 0.850. The number of anilines is 1. The molecule has 0 heterocycles. The summed E-state index contributed by atoms with van der Waals surface area (Å²) in [6.07, 6.45) is 5.33. The number of methoxy groups -OCH3 is 1. The molecule has 0 spiro atoms. The van der Waals surface area contributed by atoms with Crippen LogP contribution in [-0.2, 0) is 0 Å². The Labute approximate surface area is 117 Å². The van der Waals surface area contributed by atoms with Crippen LogP contribution in [0.5, 0.6) is 5.75 Å². The predicted molar refractivity (Wildman–Crippen MR) is 81.8 cm³/mol. The standard InChI is InChI=1S/C17H27NO/c1-17(2,3)15-10-5-6-11-16(15)18-13-8-7-9-14(12-13)19-4/h7-9,12,15-16,18H,5-6,10-11H2,1-4H3. The monoisotopic (exact) mass is 261 g/mol. The van der Waals surface area contributed by atoms with Crippen LogP contribution in [0.15, 0.2) is 24.3 Å². The molecule has 0 saturated heterocycles. The zero-order chi connectivity index (χ0) is 13.9. The van der Waals surface area contributed by atoms with Crippen LogP contribution < -0.4 is 10.1 Å². The van der Waals surface area contributed by atoms with Gasteiger partial charge in [-0.3, -0.25) is 0 Å². The second kappa shape index (κ2) is 5.85. The molecule has 2 nitrogen and oxygen atoms in total. The van der Waals surface area contributed by atoms with Crippen molar-refractivity contribution in [3.63, 3.8) is 0 Å². The second-order valence-corrected chi connectivity index (χ2v) is 6.74. The maximum absolute atomic E-state index is 5.30. The van der Waals surface area contributed by atoms with E-state index in [-0.39, 0.29) is 0 Å². The van der Waals surface area contributed by atoms with E-state index in [9.17, 15) is 0 Å². The van der Waals surface area contributed by atoms with Gasteiger partial charge in [-0.1, -0.05) is 39.7 Å². The first-order valence-corrected chi connectivity index (χ1v) is 7.41. The summed E-state index contributed by atoms with van der Waals surface area (Å²) in [5.74, 6) is 1.67. The lowest BCUT2D eigenvalue weighted by Crippen LogP contribution is -2.39. The first-order chi connectivity index (χ1) is 9.00. The number of ether oxygens (including phenoxy) is 1. The minimum Gasteiger partial charge on any atom is -0.497 e. The molecule has 1 N–H and O–H groups in total. The maximum atomic E-state index is 5.30. The molecule has 1 aliphatic rings. The largest absolute Gasteiger partial charge is 0.497 e. The number of hydrogen-bond donors (Lipinski definition) is 1. The third-order valence-corrected chi connectivity index (χ3v) is 4.30. The number of hydrogen-bond acceptors (Lipinski definition) is 2. The summed E-state index contributed by atoms with van der Waals surface area (Å²) >= 11 is 0. The minimum absolute atomic E-state index is 0.372. The summed E-state index contributed by atoms with van der Waals surface area (Å²) in [5.41, 5.74) is 1.55. The van der Waals surface area contributed by atoms with Crippen molar-refractivity contribution in [2.45, 2.75) is 52.5 Å². The highest BCUT2D eigenvalue weighted by atomic mass is 16.5. The molecule has 1 aliphatic carbocycles. The van der Waals surface area contributed by atoms with Crippen molar-refractivity contribution in [1.29, 1.82) is 0 Å². The fraction of sp³-hybridized carbons (Fsp3) is 0.647. The molecule has 0 amide bonds. The van der Waals surface area contributed by atoms with Gasteiger partial charge < -0.3 is 10.1 Å². The second-order valence-electron chi connectivity index (χ2n) is 6.74. The molecule has 1 aromatic carbocycles. The Morgan fingerprint density at radius 2 is 1.89 bits per heavy atom. The van der Waals surface area contributed by atoms with Crippen LogP contribution in [0.1, 0.15) is 46.5 Å². The Balaban J connectivity index is 2.10. The van der Waals surface area contributed by atoms with E-state index in [0.717, 1.165) is 11.7 Å². The molecule has 1 saturated carbocycles. The summed E-state index contributed by atoms with van der Waals surface area (Å²) in [4.78, 5) is 0. The first kappa shape index (κ1) is 14.2. The highest BCUT2D eigenvalue weighted by Crippen LogP contribution is 2.39. The van der Waals surface area contributed by atoms with Crippen LogP contribution in [-0.4, -0.2) is 13.2 Å². The van der Waals surface area contributed by atoms with Crippen LogP contribution in [0.4, 0.5) is 5.69 Å². The van der Waals surface area contributed by atoms with E-state index < -0.39 is 0 Å². The maximum Gasteiger partial charge on any atom is 0.120 e. The van der Waals surface area contributed by atoms with Gasteiger partial charge in [0, 0.05) is 17.8 Å². The average Bonchev–Trinajstić information content (AvgIpc) is 2.38. The molecule has 2 heteroatoms. The molecule has 106 valence electrons. The van der Waals surface area contributed by atoms with Crippen LogP contribution in [0.25, 0.3) is 0 Å². The van der Waals surface area contributed by atoms with Crippen molar-refractivity contribution in [1.82, 2.24) is 0 Å². The smallest absolute Gasteiger partial charge is 0.120 e. The number of benzene rings is 1. The lowest BCUT2D eigenvalue weighted by atomic mass is 9.69. The van der Waals surface area contributed by atoms with Gasteiger partial charge in [0.15, 0.2) is 0 Å². The van der Waals surface area contributed by atoms with E-state index >= 15 is 0 Å². The molecule has 0 aliphatic heterocycles. The minimum atomic E-state index is 0.372. The number of nitrogens with one attached hydrogen (secondary N) is 1. The van der Waals surface area contributed by atoms with Crippen molar-refractivity contribution in [2.75, 3.05) is 12.4 Å². The Bertz CT molecular complexity index is 408. The third-order valence-electron chi connectivity index (χ3n) is 4.30. The van der Waals surface area contributed by atoms with Crippen molar-refractivity contribution in [3.05, 3.63) is 24.3 Å². The zero-order valence-corrected chi connectivity index (χ0v) is 12.7. The topological polar surface area (TPSA) is 21.3 Å². The van der Waals surface area contributed by atoms with Gasteiger partial charge >= 0.3 is 0 Å². The molecule has 0 bridgehead atoms. The van der Waals surface area contributed by atoms with Gasteiger partial charge in [-0.15, -0.1) is 0 Å². The molecule has 2 unspecified atom stereocenters. The highest BCUT2D eigenvalue weighted by molar-refractivity contribution is 5.49. The van der Waals surface area contributed by atoms with Crippen molar-refractivity contribution >= 4 is 5.69 Å². The number of rotatable bonds is 3. The van der Waals surface area contributed by atoms with Crippen LogP contribution in [0.3, 0.4) is 0 Å². The SMILES string of the molecule is COc1cccc(NC2CCCCC2C(C)(C)C)c1.